The zero-order valence-electron chi connectivity index (χ0n) is 16.8. The molecular formula is C20H18ClF3N2O4S. The lowest BCUT2D eigenvalue weighted by atomic mass is 9.84. The number of hydrogen-bond acceptors (Lipinski definition) is 5. The van der Waals surface area contributed by atoms with Gasteiger partial charge in [0.05, 0.1) is 21.4 Å². The number of aromatic hydroxyl groups is 1. The molecule has 1 heterocycles. The summed E-state index contributed by atoms with van der Waals surface area (Å²) in [5.41, 5.74) is -5.80. The van der Waals surface area contributed by atoms with E-state index in [-0.39, 0.29) is 28.0 Å². The maximum absolute atomic E-state index is 12.8. The van der Waals surface area contributed by atoms with E-state index in [1.54, 1.807) is 13.0 Å². The normalized spacial score (nSPS) is 13.0. The third-order valence-corrected chi connectivity index (χ3v) is 6.71. The molecule has 0 atom stereocenters. The van der Waals surface area contributed by atoms with Gasteiger partial charge in [-0.1, -0.05) is 32.4 Å². The fourth-order valence-corrected chi connectivity index (χ4v) is 4.12. The molecule has 3 rings (SSSR count). The highest BCUT2D eigenvalue weighted by Crippen LogP contribution is 2.42. The summed E-state index contributed by atoms with van der Waals surface area (Å²) in [5.74, 6) is -0.194. The third-order valence-electron chi connectivity index (χ3n) is 4.83. The summed E-state index contributed by atoms with van der Waals surface area (Å²) in [5, 5.41) is 10.8. The number of H-pyrrole nitrogens is 1. The Kier molecular flexibility index (Phi) is 5.39. The van der Waals surface area contributed by atoms with Gasteiger partial charge in [-0.25, -0.2) is 13.4 Å². The van der Waals surface area contributed by atoms with Gasteiger partial charge in [-0.15, -0.1) is 0 Å². The van der Waals surface area contributed by atoms with Gasteiger partial charge >= 0.3 is 5.51 Å². The van der Waals surface area contributed by atoms with Gasteiger partial charge in [-0.3, -0.25) is 4.79 Å². The molecule has 0 fully saturated rings. The number of fused-ring (bicyclic) bond motifs is 1. The molecule has 166 valence electrons. The first-order valence-corrected chi connectivity index (χ1v) is 10.8. The highest BCUT2D eigenvalue weighted by Gasteiger charge is 2.47. The Morgan fingerprint density at radius 2 is 1.74 bits per heavy atom. The van der Waals surface area contributed by atoms with Crippen LogP contribution >= 0.6 is 11.6 Å². The van der Waals surface area contributed by atoms with E-state index in [0.717, 1.165) is 12.1 Å². The molecule has 2 N–H and O–H groups in total. The maximum Gasteiger partial charge on any atom is 0.501 e. The number of aromatic amines is 1. The van der Waals surface area contributed by atoms with Crippen LogP contribution in [0.2, 0.25) is 5.02 Å². The van der Waals surface area contributed by atoms with Crippen LogP contribution in [0, 0.1) is 6.92 Å². The summed E-state index contributed by atoms with van der Waals surface area (Å²) in [6, 6.07) is 3.98. The molecule has 0 unspecified atom stereocenters. The van der Waals surface area contributed by atoms with Crippen LogP contribution in [0.25, 0.3) is 22.3 Å². The Hall–Kier alpha value is -2.59. The van der Waals surface area contributed by atoms with Crippen molar-refractivity contribution in [3.63, 3.8) is 0 Å². The van der Waals surface area contributed by atoms with E-state index in [0.29, 0.717) is 22.2 Å². The van der Waals surface area contributed by atoms with Crippen molar-refractivity contribution in [1.29, 1.82) is 0 Å². The van der Waals surface area contributed by atoms with E-state index in [2.05, 4.69) is 9.97 Å². The summed E-state index contributed by atoms with van der Waals surface area (Å²) >= 11 is 6.31. The quantitative estimate of drug-likeness (QED) is 0.553. The predicted molar refractivity (Wildman–Crippen MR) is 111 cm³/mol. The van der Waals surface area contributed by atoms with Crippen molar-refractivity contribution in [1.82, 2.24) is 9.97 Å². The molecule has 0 aliphatic heterocycles. The van der Waals surface area contributed by atoms with Crippen molar-refractivity contribution >= 4 is 32.3 Å². The number of nitrogens with one attached hydrogen (secondary N) is 1. The van der Waals surface area contributed by atoms with E-state index in [1.807, 2.05) is 20.8 Å². The van der Waals surface area contributed by atoms with Crippen LogP contribution in [-0.4, -0.2) is 29.0 Å². The van der Waals surface area contributed by atoms with Crippen molar-refractivity contribution in [2.24, 2.45) is 0 Å². The SMILES string of the molecule is Cc1c(Cl)cc(C(C)(C)C)c(O)c1-c1nc2ccc(S(=O)(=O)C(F)(F)F)cc2c(=O)[nH]1. The number of phenolic OH excluding ortho intramolecular Hbond substituents is 1. The zero-order chi connectivity index (χ0) is 23.5. The predicted octanol–water partition coefficient (Wildman–Crippen LogP) is 4.85. The molecular weight excluding hydrogens is 457 g/mol. The number of nitrogens with zero attached hydrogens (tertiary/aromatic N) is 1. The molecule has 0 aliphatic carbocycles. The molecule has 0 saturated heterocycles. The van der Waals surface area contributed by atoms with Crippen LogP contribution in [0.5, 0.6) is 5.75 Å². The maximum atomic E-state index is 12.8. The summed E-state index contributed by atoms with van der Waals surface area (Å²) in [6.07, 6.45) is 0. The summed E-state index contributed by atoms with van der Waals surface area (Å²) < 4.78 is 61.8. The number of hydrogen-bond donors (Lipinski definition) is 2. The number of alkyl halides is 3. The first-order chi connectivity index (χ1) is 14.1. The van der Waals surface area contributed by atoms with E-state index in [1.165, 1.54) is 0 Å². The van der Waals surface area contributed by atoms with Gasteiger partial charge in [0.25, 0.3) is 15.4 Å². The average Bonchev–Trinajstić information content (AvgIpc) is 2.62. The number of phenols is 1. The van der Waals surface area contributed by atoms with Crippen LogP contribution in [0.1, 0.15) is 31.9 Å². The summed E-state index contributed by atoms with van der Waals surface area (Å²) in [4.78, 5) is 18.2. The Morgan fingerprint density at radius 1 is 1.13 bits per heavy atom. The Balaban J connectivity index is 2.30. The number of aromatic nitrogens is 2. The van der Waals surface area contributed by atoms with Gasteiger partial charge < -0.3 is 10.1 Å². The molecule has 3 aromatic rings. The molecule has 6 nitrogen and oxygen atoms in total. The number of benzene rings is 2. The Morgan fingerprint density at radius 3 is 2.29 bits per heavy atom. The average molecular weight is 475 g/mol. The lowest BCUT2D eigenvalue weighted by molar-refractivity contribution is -0.0435. The van der Waals surface area contributed by atoms with E-state index in [4.69, 9.17) is 11.6 Å². The van der Waals surface area contributed by atoms with Crippen molar-refractivity contribution < 1.29 is 26.7 Å². The summed E-state index contributed by atoms with van der Waals surface area (Å²) in [6.45, 7) is 7.19. The molecule has 0 radical (unpaired) electrons. The lowest BCUT2D eigenvalue weighted by Crippen LogP contribution is -2.23. The van der Waals surface area contributed by atoms with Crippen molar-refractivity contribution in [3.05, 3.63) is 50.8 Å². The van der Waals surface area contributed by atoms with Crippen LogP contribution in [0.4, 0.5) is 13.2 Å². The van der Waals surface area contributed by atoms with Crippen LogP contribution in [0.15, 0.2) is 34.0 Å². The fraction of sp³-hybridized carbons (Fsp3) is 0.300. The second kappa shape index (κ2) is 7.23. The van der Waals surface area contributed by atoms with Gasteiger partial charge in [0.2, 0.25) is 0 Å². The smallest absolute Gasteiger partial charge is 0.501 e. The van der Waals surface area contributed by atoms with Gasteiger partial charge in [0.1, 0.15) is 11.6 Å². The minimum atomic E-state index is -5.63. The van der Waals surface area contributed by atoms with Gasteiger partial charge in [0.15, 0.2) is 0 Å². The first kappa shape index (κ1) is 23.1. The molecule has 0 bridgehead atoms. The minimum Gasteiger partial charge on any atom is -0.507 e. The van der Waals surface area contributed by atoms with Gasteiger partial charge in [0, 0.05) is 10.6 Å². The highest BCUT2D eigenvalue weighted by molar-refractivity contribution is 7.92. The second-order valence-electron chi connectivity index (χ2n) is 8.05. The summed E-state index contributed by atoms with van der Waals surface area (Å²) in [7, 11) is -5.63. The standard InChI is InChI=1S/C20H18ClF3N2O4S/c1-9-13(21)8-12(19(2,3)4)16(27)15(9)17-25-14-6-5-10(7-11(14)18(28)26-17)31(29,30)20(22,23)24/h5-8,27H,1-4H3,(H,25,26,28). The van der Waals surface area contributed by atoms with E-state index < -0.39 is 31.2 Å². The molecule has 0 amide bonds. The Bertz CT molecular complexity index is 1370. The topological polar surface area (TPSA) is 100 Å². The lowest BCUT2D eigenvalue weighted by Gasteiger charge is -2.23. The zero-order valence-corrected chi connectivity index (χ0v) is 18.4. The molecule has 0 saturated carbocycles. The van der Waals surface area contributed by atoms with Gasteiger partial charge in [-0.2, -0.15) is 13.2 Å². The first-order valence-electron chi connectivity index (χ1n) is 8.94. The molecule has 0 spiro atoms. The fourth-order valence-electron chi connectivity index (χ4n) is 3.13. The monoisotopic (exact) mass is 474 g/mol. The molecule has 31 heavy (non-hydrogen) atoms. The molecule has 0 aliphatic rings. The van der Waals surface area contributed by atoms with Crippen molar-refractivity contribution in [2.45, 2.75) is 43.5 Å². The third kappa shape index (κ3) is 3.89. The second-order valence-corrected chi connectivity index (χ2v) is 10.4. The number of sulfone groups is 1. The number of halogens is 4. The molecule has 1 aromatic heterocycles. The molecule has 2 aromatic carbocycles. The van der Waals surface area contributed by atoms with Gasteiger partial charge in [-0.05, 0) is 42.2 Å². The largest absolute Gasteiger partial charge is 0.507 e. The molecule has 11 heteroatoms. The van der Waals surface area contributed by atoms with Crippen LogP contribution in [-0.2, 0) is 15.3 Å². The van der Waals surface area contributed by atoms with Crippen molar-refractivity contribution in [2.75, 3.05) is 0 Å². The van der Waals surface area contributed by atoms with E-state index >= 15 is 0 Å². The van der Waals surface area contributed by atoms with Crippen molar-refractivity contribution in [3.8, 4) is 17.1 Å². The number of rotatable bonds is 2. The van der Waals surface area contributed by atoms with Crippen LogP contribution in [0.3, 0.4) is 0 Å². The van der Waals surface area contributed by atoms with E-state index in [9.17, 15) is 31.5 Å². The minimum absolute atomic E-state index is 0.0454. The van der Waals surface area contributed by atoms with Crippen LogP contribution < -0.4 is 5.56 Å². The highest BCUT2D eigenvalue weighted by atomic mass is 35.5. The Labute approximate surface area is 180 Å².